The summed E-state index contributed by atoms with van der Waals surface area (Å²) in [7, 11) is 1.19. The van der Waals surface area contributed by atoms with Gasteiger partial charge in [0, 0.05) is 10.9 Å². The zero-order chi connectivity index (χ0) is 12.8. The summed E-state index contributed by atoms with van der Waals surface area (Å²) < 4.78 is 5.28. The Morgan fingerprint density at radius 2 is 2.00 bits per heavy atom. The maximum absolute atomic E-state index is 11.0. The number of carbonyl (C=O) groups is 2. The first-order chi connectivity index (χ1) is 8.02. The number of methoxy groups -OCH3 is 1. The summed E-state index contributed by atoms with van der Waals surface area (Å²) in [5.41, 5.74) is 0.817. The third-order valence-electron chi connectivity index (χ3n) is 2.13. The van der Waals surface area contributed by atoms with Crippen LogP contribution in [-0.2, 0) is 16.0 Å². The number of hydrogen-bond acceptors (Lipinski definition) is 3. The van der Waals surface area contributed by atoms with E-state index in [1.54, 1.807) is 12.1 Å². The van der Waals surface area contributed by atoms with Crippen molar-refractivity contribution in [2.45, 2.75) is 12.5 Å². The van der Waals surface area contributed by atoms with E-state index in [1.165, 1.54) is 7.11 Å². The summed E-state index contributed by atoms with van der Waals surface area (Å²) in [6.45, 7) is 0. The van der Waals surface area contributed by atoms with Crippen molar-refractivity contribution in [3.8, 4) is 0 Å². The average Bonchev–Trinajstić information content (AvgIpc) is 2.30. The SMILES string of the molecule is COC(=O)NC(Cc1ccc(Br)cc1)C(=O)O. The van der Waals surface area contributed by atoms with Crippen molar-refractivity contribution >= 4 is 28.0 Å². The molecule has 17 heavy (non-hydrogen) atoms. The molecule has 0 fully saturated rings. The highest BCUT2D eigenvalue weighted by atomic mass is 79.9. The van der Waals surface area contributed by atoms with Crippen molar-refractivity contribution in [3.05, 3.63) is 34.3 Å². The number of nitrogens with one attached hydrogen (secondary N) is 1. The van der Waals surface area contributed by atoms with Crippen LogP contribution in [0.25, 0.3) is 0 Å². The highest BCUT2D eigenvalue weighted by molar-refractivity contribution is 9.10. The van der Waals surface area contributed by atoms with Gasteiger partial charge in [-0.3, -0.25) is 0 Å². The van der Waals surface area contributed by atoms with Gasteiger partial charge < -0.3 is 15.2 Å². The van der Waals surface area contributed by atoms with Crippen LogP contribution in [0.15, 0.2) is 28.7 Å². The van der Waals surface area contributed by atoms with E-state index in [0.717, 1.165) is 10.0 Å². The minimum absolute atomic E-state index is 0.206. The molecule has 2 N–H and O–H groups in total. The number of benzene rings is 1. The molecular formula is C11H12BrNO4. The molecule has 0 aliphatic heterocycles. The number of aliphatic carboxylic acids is 1. The summed E-state index contributed by atoms with van der Waals surface area (Å²) in [5, 5.41) is 11.2. The molecule has 0 spiro atoms. The lowest BCUT2D eigenvalue weighted by atomic mass is 10.1. The van der Waals surface area contributed by atoms with E-state index in [0.29, 0.717) is 0 Å². The quantitative estimate of drug-likeness (QED) is 0.889. The van der Waals surface area contributed by atoms with Crippen LogP contribution in [0.4, 0.5) is 4.79 Å². The Hall–Kier alpha value is -1.56. The maximum atomic E-state index is 11.0. The van der Waals surface area contributed by atoms with Crippen LogP contribution in [0, 0.1) is 0 Å². The summed E-state index contributed by atoms with van der Waals surface area (Å²) in [6, 6.07) is 6.21. The first-order valence-electron chi connectivity index (χ1n) is 4.84. The molecule has 0 radical (unpaired) electrons. The van der Waals surface area contributed by atoms with Crippen molar-refractivity contribution in [2.24, 2.45) is 0 Å². The molecule has 0 aliphatic rings. The van der Waals surface area contributed by atoms with Gasteiger partial charge in [0.15, 0.2) is 0 Å². The molecule has 0 heterocycles. The van der Waals surface area contributed by atoms with Crippen LogP contribution >= 0.6 is 15.9 Å². The third-order valence-corrected chi connectivity index (χ3v) is 2.66. The number of amides is 1. The molecule has 92 valence electrons. The molecule has 5 nitrogen and oxygen atoms in total. The van der Waals surface area contributed by atoms with Crippen LogP contribution in [-0.4, -0.2) is 30.3 Å². The zero-order valence-electron chi connectivity index (χ0n) is 9.14. The Bertz CT molecular complexity index is 404. The van der Waals surface area contributed by atoms with Crippen LogP contribution in [0.5, 0.6) is 0 Å². The minimum atomic E-state index is -1.10. The van der Waals surface area contributed by atoms with Crippen molar-refractivity contribution in [1.29, 1.82) is 0 Å². The zero-order valence-corrected chi connectivity index (χ0v) is 10.7. The number of halogens is 1. The molecule has 0 bridgehead atoms. The lowest BCUT2D eigenvalue weighted by Gasteiger charge is -2.13. The number of alkyl carbamates (subject to hydrolysis) is 1. The molecule has 1 rings (SSSR count). The van der Waals surface area contributed by atoms with E-state index in [1.807, 2.05) is 12.1 Å². The molecular weight excluding hydrogens is 290 g/mol. The van der Waals surface area contributed by atoms with Gasteiger partial charge in [0.25, 0.3) is 0 Å². The van der Waals surface area contributed by atoms with E-state index in [2.05, 4.69) is 26.0 Å². The molecule has 0 aromatic heterocycles. The number of hydrogen-bond donors (Lipinski definition) is 2. The van der Waals surface area contributed by atoms with Gasteiger partial charge >= 0.3 is 12.1 Å². The smallest absolute Gasteiger partial charge is 0.407 e. The van der Waals surface area contributed by atoms with Crippen LogP contribution in [0.1, 0.15) is 5.56 Å². The van der Waals surface area contributed by atoms with Gasteiger partial charge in [0.1, 0.15) is 6.04 Å². The lowest BCUT2D eigenvalue weighted by molar-refractivity contribution is -0.139. The minimum Gasteiger partial charge on any atom is -0.480 e. The van der Waals surface area contributed by atoms with Crippen LogP contribution < -0.4 is 5.32 Å². The van der Waals surface area contributed by atoms with Crippen molar-refractivity contribution in [1.82, 2.24) is 5.32 Å². The Morgan fingerprint density at radius 3 is 2.47 bits per heavy atom. The van der Waals surface area contributed by atoms with E-state index in [-0.39, 0.29) is 6.42 Å². The average molecular weight is 302 g/mol. The molecule has 6 heteroatoms. The van der Waals surface area contributed by atoms with Gasteiger partial charge in [-0.15, -0.1) is 0 Å². The van der Waals surface area contributed by atoms with E-state index >= 15 is 0 Å². The topological polar surface area (TPSA) is 75.6 Å². The first-order valence-corrected chi connectivity index (χ1v) is 5.64. The second-order valence-corrected chi connectivity index (χ2v) is 4.27. The number of ether oxygens (including phenoxy) is 1. The highest BCUT2D eigenvalue weighted by Crippen LogP contribution is 2.12. The molecule has 1 aromatic carbocycles. The number of carboxylic acid groups (broad SMARTS) is 1. The van der Waals surface area contributed by atoms with E-state index in [9.17, 15) is 9.59 Å². The van der Waals surface area contributed by atoms with Gasteiger partial charge in [-0.1, -0.05) is 28.1 Å². The van der Waals surface area contributed by atoms with Crippen molar-refractivity contribution < 1.29 is 19.4 Å². The second-order valence-electron chi connectivity index (χ2n) is 3.36. The fourth-order valence-corrected chi connectivity index (χ4v) is 1.52. The number of rotatable bonds is 4. The van der Waals surface area contributed by atoms with Gasteiger partial charge in [-0.25, -0.2) is 9.59 Å². The fraction of sp³-hybridized carbons (Fsp3) is 0.273. The molecule has 1 aromatic rings. The van der Waals surface area contributed by atoms with E-state index in [4.69, 9.17) is 5.11 Å². The van der Waals surface area contributed by atoms with Gasteiger partial charge in [0.2, 0.25) is 0 Å². The molecule has 1 atom stereocenters. The predicted molar refractivity (Wildman–Crippen MR) is 64.8 cm³/mol. The standard InChI is InChI=1S/C11H12BrNO4/c1-17-11(16)13-9(10(14)15)6-7-2-4-8(12)5-3-7/h2-5,9H,6H2,1H3,(H,13,16)(H,14,15). The summed E-state index contributed by atoms with van der Waals surface area (Å²) in [6.07, 6.45) is -0.549. The van der Waals surface area contributed by atoms with Crippen molar-refractivity contribution in [3.63, 3.8) is 0 Å². The molecule has 0 aliphatic carbocycles. The van der Waals surface area contributed by atoms with Crippen LogP contribution in [0.2, 0.25) is 0 Å². The second kappa shape index (κ2) is 6.24. The Labute approximate surface area is 107 Å². The monoisotopic (exact) mass is 301 g/mol. The molecule has 1 amide bonds. The summed E-state index contributed by atoms with van der Waals surface area (Å²) in [5.74, 6) is -1.10. The van der Waals surface area contributed by atoms with Gasteiger partial charge in [0.05, 0.1) is 7.11 Å². The Kier molecular flexibility index (Phi) is 4.96. The van der Waals surface area contributed by atoms with Gasteiger partial charge in [-0.05, 0) is 17.7 Å². The van der Waals surface area contributed by atoms with Crippen molar-refractivity contribution in [2.75, 3.05) is 7.11 Å². The number of carbonyl (C=O) groups excluding carboxylic acids is 1. The first kappa shape index (κ1) is 13.5. The Balaban J connectivity index is 2.70. The predicted octanol–water partition coefficient (Wildman–Crippen LogP) is 1.80. The number of carboxylic acids is 1. The summed E-state index contributed by atoms with van der Waals surface area (Å²) >= 11 is 3.29. The fourth-order valence-electron chi connectivity index (χ4n) is 1.26. The summed E-state index contributed by atoms with van der Waals surface area (Å²) in [4.78, 5) is 21.9. The lowest BCUT2D eigenvalue weighted by Crippen LogP contribution is -2.42. The van der Waals surface area contributed by atoms with Crippen LogP contribution in [0.3, 0.4) is 0 Å². The highest BCUT2D eigenvalue weighted by Gasteiger charge is 2.20. The third kappa shape index (κ3) is 4.44. The van der Waals surface area contributed by atoms with E-state index < -0.39 is 18.1 Å². The largest absolute Gasteiger partial charge is 0.480 e. The normalized spacial score (nSPS) is 11.6. The Morgan fingerprint density at radius 1 is 1.41 bits per heavy atom. The molecule has 0 saturated carbocycles. The molecule has 1 unspecified atom stereocenters. The van der Waals surface area contributed by atoms with Gasteiger partial charge in [-0.2, -0.15) is 0 Å². The molecule has 0 saturated heterocycles. The maximum Gasteiger partial charge on any atom is 0.407 e.